The number of aliphatic hydroxyl groups excluding tert-OH is 1. The molecule has 0 saturated heterocycles. The molecule has 0 aliphatic carbocycles. The predicted molar refractivity (Wildman–Crippen MR) is 101 cm³/mol. The third-order valence-corrected chi connectivity index (χ3v) is 8.01. The molecule has 0 aliphatic heterocycles. The molecule has 0 bridgehead atoms. The minimum atomic E-state index is -3.24. The number of ether oxygens (including phenoxy) is 1. The first-order valence-corrected chi connectivity index (χ1v) is 10.3. The number of hydrogen-bond acceptors (Lipinski definition) is 4. The number of methoxy groups -OCH3 is 1. The van der Waals surface area contributed by atoms with E-state index in [1.54, 1.807) is 24.3 Å². The highest BCUT2D eigenvalue weighted by atomic mass is 31.2. The molecule has 2 atom stereocenters. The van der Waals surface area contributed by atoms with Gasteiger partial charge < -0.3 is 14.4 Å². The molecule has 0 aliphatic rings. The van der Waals surface area contributed by atoms with Crippen LogP contribution in [0.4, 0.5) is 0 Å². The molecule has 5 heteroatoms. The minimum absolute atomic E-state index is 0.480. The Morgan fingerprint density at radius 3 is 1.92 bits per heavy atom. The largest absolute Gasteiger partial charge is 0.467 e. The van der Waals surface area contributed by atoms with E-state index in [1.165, 1.54) is 7.11 Å². The number of hydrogen-bond donors (Lipinski definition) is 1. The average Bonchev–Trinajstić information content (AvgIpc) is 2.68. The van der Waals surface area contributed by atoms with Gasteiger partial charge in [0, 0.05) is 10.6 Å². The highest BCUT2D eigenvalue weighted by Crippen LogP contribution is 2.52. The van der Waals surface area contributed by atoms with Crippen LogP contribution in [-0.4, -0.2) is 29.9 Å². The van der Waals surface area contributed by atoms with Crippen molar-refractivity contribution in [1.29, 1.82) is 0 Å². The molecule has 0 amide bonds. The molecule has 0 radical (unpaired) electrons. The Hall–Kier alpha value is -1.90. The fourth-order valence-electron chi connectivity index (χ4n) is 3.06. The Morgan fingerprint density at radius 2 is 1.52 bits per heavy atom. The Bertz CT molecular complexity index is 671. The van der Waals surface area contributed by atoms with E-state index in [0.29, 0.717) is 17.0 Å². The van der Waals surface area contributed by atoms with E-state index in [4.69, 9.17) is 4.74 Å². The second kappa shape index (κ2) is 8.98. The molecule has 0 spiro atoms. The first-order valence-electron chi connectivity index (χ1n) is 8.52. The monoisotopic (exact) mass is 360 g/mol. The first kappa shape index (κ1) is 19.4. The second-order valence-corrected chi connectivity index (χ2v) is 9.02. The van der Waals surface area contributed by atoms with Gasteiger partial charge in [-0.1, -0.05) is 80.4 Å². The van der Waals surface area contributed by atoms with E-state index in [1.807, 2.05) is 43.3 Å². The van der Waals surface area contributed by atoms with Gasteiger partial charge in [-0.3, -0.25) is 0 Å². The normalized spacial score (nSPS) is 13.9. The molecular formula is C20H25O4P. The van der Waals surface area contributed by atoms with Crippen molar-refractivity contribution in [3.8, 4) is 0 Å². The van der Waals surface area contributed by atoms with E-state index in [0.717, 1.165) is 12.8 Å². The van der Waals surface area contributed by atoms with Crippen molar-refractivity contribution in [2.24, 2.45) is 0 Å². The zero-order valence-corrected chi connectivity index (χ0v) is 15.6. The summed E-state index contributed by atoms with van der Waals surface area (Å²) in [6.07, 6.45) is 0.701. The number of esters is 1. The molecule has 25 heavy (non-hydrogen) atoms. The lowest BCUT2D eigenvalue weighted by Crippen LogP contribution is -2.40. The molecule has 0 fully saturated rings. The van der Waals surface area contributed by atoms with Gasteiger partial charge in [-0.15, -0.1) is 0 Å². The standard InChI is InChI=1S/C20H25O4P/c1-3-4-15-18(19(21)20(22)24-2)25(23,16-11-7-5-8-12-16)17-13-9-6-10-14-17/h5-14,18-19,21H,3-4,15H2,1-2H3/t18-,19+/m1/s1. The number of aliphatic hydroxyl groups is 1. The molecule has 4 nitrogen and oxygen atoms in total. The summed E-state index contributed by atoms with van der Waals surface area (Å²) < 4.78 is 19.0. The van der Waals surface area contributed by atoms with Crippen molar-refractivity contribution in [2.45, 2.75) is 37.9 Å². The number of carbonyl (C=O) groups is 1. The third kappa shape index (κ3) is 4.20. The lowest BCUT2D eigenvalue weighted by molar-refractivity contribution is -0.150. The third-order valence-electron chi connectivity index (χ3n) is 4.41. The Balaban J connectivity index is 2.62. The van der Waals surface area contributed by atoms with Crippen LogP contribution in [0, 0.1) is 0 Å². The molecule has 134 valence electrons. The molecule has 0 unspecified atom stereocenters. The fraction of sp³-hybridized carbons (Fsp3) is 0.350. The molecular weight excluding hydrogens is 335 g/mol. The molecule has 2 aromatic carbocycles. The van der Waals surface area contributed by atoms with Gasteiger partial charge >= 0.3 is 5.97 Å². The van der Waals surface area contributed by atoms with Gasteiger partial charge in [0.1, 0.15) is 7.14 Å². The van der Waals surface area contributed by atoms with Gasteiger partial charge in [-0.05, 0) is 6.42 Å². The Labute approximate surface area is 149 Å². The van der Waals surface area contributed by atoms with E-state index < -0.39 is 24.9 Å². The lowest BCUT2D eigenvalue weighted by atomic mass is 10.1. The van der Waals surface area contributed by atoms with Gasteiger partial charge in [0.05, 0.1) is 12.8 Å². The van der Waals surface area contributed by atoms with Crippen LogP contribution in [0.1, 0.15) is 26.2 Å². The minimum Gasteiger partial charge on any atom is -0.467 e. The van der Waals surface area contributed by atoms with Crippen LogP contribution in [-0.2, 0) is 14.1 Å². The van der Waals surface area contributed by atoms with Crippen LogP contribution in [0.5, 0.6) is 0 Å². The van der Waals surface area contributed by atoms with E-state index in [9.17, 15) is 14.5 Å². The number of unbranched alkanes of at least 4 members (excludes halogenated alkanes) is 1. The molecule has 0 heterocycles. The quantitative estimate of drug-likeness (QED) is 0.580. The van der Waals surface area contributed by atoms with Crippen LogP contribution >= 0.6 is 7.14 Å². The van der Waals surface area contributed by atoms with Crippen molar-refractivity contribution in [1.82, 2.24) is 0 Å². The predicted octanol–water partition coefficient (Wildman–Crippen LogP) is 3.09. The summed E-state index contributed by atoms with van der Waals surface area (Å²) >= 11 is 0. The SMILES string of the molecule is CCCC[C@H]([C@H](O)C(=O)OC)P(=O)(c1ccccc1)c1ccccc1. The summed E-state index contributed by atoms with van der Waals surface area (Å²) in [7, 11) is -2.00. The first-order chi connectivity index (χ1) is 12.1. The molecule has 0 aromatic heterocycles. The average molecular weight is 360 g/mol. The number of rotatable bonds is 8. The Morgan fingerprint density at radius 1 is 1.04 bits per heavy atom. The van der Waals surface area contributed by atoms with Gasteiger partial charge in [0.2, 0.25) is 0 Å². The maximum absolute atomic E-state index is 14.3. The van der Waals surface area contributed by atoms with Crippen molar-refractivity contribution in [3.05, 3.63) is 60.7 Å². The van der Waals surface area contributed by atoms with Crippen molar-refractivity contribution in [3.63, 3.8) is 0 Å². The van der Waals surface area contributed by atoms with Crippen LogP contribution in [0.25, 0.3) is 0 Å². The molecule has 2 rings (SSSR count). The van der Waals surface area contributed by atoms with Gasteiger partial charge in [0.25, 0.3) is 0 Å². The van der Waals surface area contributed by atoms with Gasteiger partial charge in [0.15, 0.2) is 6.10 Å². The molecule has 0 saturated carbocycles. The summed E-state index contributed by atoms with van der Waals surface area (Å²) in [5.41, 5.74) is -0.718. The highest BCUT2D eigenvalue weighted by molar-refractivity contribution is 7.79. The van der Waals surface area contributed by atoms with Crippen LogP contribution in [0.3, 0.4) is 0 Å². The van der Waals surface area contributed by atoms with E-state index in [2.05, 4.69) is 0 Å². The van der Waals surface area contributed by atoms with E-state index in [-0.39, 0.29) is 0 Å². The zero-order valence-electron chi connectivity index (χ0n) is 14.7. The van der Waals surface area contributed by atoms with Gasteiger partial charge in [-0.25, -0.2) is 4.79 Å². The zero-order chi connectivity index (χ0) is 18.3. The van der Waals surface area contributed by atoms with Crippen LogP contribution in [0.15, 0.2) is 60.7 Å². The number of carbonyl (C=O) groups excluding carboxylic acids is 1. The van der Waals surface area contributed by atoms with Gasteiger partial charge in [-0.2, -0.15) is 0 Å². The second-order valence-electron chi connectivity index (χ2n) is 6.01. The van der Waals surface area contributed by atoms with Crippen LogP contribution in [0.2, 0.25) is 0 Å². The summed E-state index contributed by atoms with van der Waals surface area (Å²) in [4.78, 5) is 12.0. The molecule has 1 N–H and O–H groups in total. The lowest BCUT2D eigenvalue weighted by Gasteiger charge is -2.31. The summed E-state index contributed by atoms with van der Waals surface area (Å²) in [5.74, 6) is -0.742. The summed E-state index contributed by atoms with van der Waals surface area (Å²) in [6.45, 7) is 2.03. The van der Waals surface area contributed by atoms with Crippen LogP contribution < -0.4 is 10.6 Å². The summed E-state index contributed by atoms with van der Waals surface area (Å²) in [6, 6.07) is 18.2. The summed E-state index contributed by atoms with van der Waals surface area (Å²) in [5, 5.41) is 11.9. The number of benzene rings is 2. The maximum Gasteiger partial charge on any atom is 0.335 e. The van der Waals surface area contributed by atoms with Crippen molar-refractivity contribution < 1.29 is 19.2 Å². The molecule has 2 aromatic rings. The smallest absolute Gasteiger partial charge is 0.335 e. The topological polar surface area (TPSA) is 63.6 Å². The Kier molecular flexibility index (Phi) is 6.98. The van der Waals surface area contributed by atoms with E-state index >= 15 is 0 Å². The maximum atomic E-state index is 14.3. The highest BCUT2D eigenvalue weighted by Gasteiger charge is 2.43. The van der Waals surface area contributed by atoms with Crippen molar-refractivity contribution >= 4 is 23.7 Å². The fourth-order valence-corrected chi connectivity index (χ4v) is 6.42. The van der Waals surface area contributed by atoms with Crippen molar-refractivity contribution in [2.75, 3.05) is 7.11 Å².